The molecule has 2 aromatic rings. The van der Waals surface area contributed by atoms with Crippen molar-refractivity contribution in [1.29, 1.82) is 0 Å². The number of rotatable bonds is 2. The van der Waals surface area contributed by atoms with Crippen LogP contribution >= 0.6 is 0 Å². The van der Waals surface area contributed by atoms with Crippen LogP contribution in [0.5, 0.6) is 0 Å². The molecule has 18 heavy (non-hydrogen) atoms. The van der Waals surface area contributed by atoms with Gasteiger partial charge in [0, 0.05) is 36.7 Å². The van der Waals surface area contributed by atoms with E-state index in [1.807, 2.05) is 53.4 Å². The molecule has 3 rings (SSSR count). The highest BCUT2D eigenvalue weighted by Gasteiger charge is 2.29. The van der Waals surface area contributed by atoms with Gasteiger partial charge in [-0.1, -0.05) is 0 Å². The average molecular weight is 242 g/mol. The first-order valence-electron chi connectivity index (χ1n) is 5.95. The van der Waals surface area contributed by atoms with Crippen molar-refractivity contribution in [3.05, 3.63) is 54.4 Å². The van der Waals surface area contributed by atoms with Crippen LogP contribution < -0.4 is 0 Å². The molecule has 1 amide bonds. The van der Waals surface area contributed by atoms with Crippen LogP contribution in [0.1, 0.15) is 10.4 Å². The minimum atomic E-state index is -0.354. The predicted octanol–water partition coefficient (Wildman–Crippen LogP) is 1.29. The summed E-state index contributed by atoms with van der Waals surface area (Å²) in [5, 5.41) is 9.19. The molecule has 1 N–H and O–H groups in total. The topological polar surface area (TPSA) is 45.5 Å². The first-order chi connectivity index (χ1) is 8.74. The first-order valence-corrected chi connectivity index (χ1v) is 5.95. The molecule has 0 atom stereocenters. The lowest BCUT2D eigenvalue weighted by Gasteiger charge is -2.35. The van der Waals surface area contributed by atoms with Gasteiger partial charge in [0.05, 0.1) is 6.10 Å². The lowest BCUT2D eigenvalue weighted by Crippen LogP contribution is -2.53. The molecule has 92 valence electrons. The number of aromatic nitrogens is 1. The van der Waals surface area contributed by atoms with Gasteiger partial charge in [0.15, 0.2) is 0 Å². The number of aliphatic hydroxyl groups is 1. The van der Waals surface area contributed by atoms with Gasteiger partial charge in [-0.2, -0.15) is 0 Å². The molecule has 1 fully saturated rings. The number of carbonyl (C=O) groups is 1. The zero-order valence-electron chi connectivity index (χ0n) is 9.86. The number of likely N-dealkylation sites (tertiary alicyclic amines) is 1. The highest BCUT2D eigenvalue weighted by molar-refractivity contribution is 5.95. The third-order valence-corrected chi connectivity index (χ3v) is 3.17. The standard InChI is InChI=1S/C14H14N2O2/c17-13-9-16(10-13)14(18)11-3-5-12(6-4-11)15-7-1-2-8-15/h1-8,13,17H,9-10H2. The molecule has 4 heteroatoms. The van der Waals surface area contributed by atoms with Gasteiger partial charge in [-0.05, 0) is 36.4 Å². The van der Waals surface area contributed by atoms with E-state index in [4.69, 9.17) is 0 Å². The van der Waals surface area contributed by atoms with Gasteiger partial charge in [0.25, 0.3) is 5.91 Å². The Balaban J connectivity index is 1.77. The summed E-state index contributed by atoms with van der Waals surface area (Å²) in [6.07, 6.45) is 3.57. The van der Waals surface area contributed by atoms with E-state index in [1.165, 1.54) is 0 Å². The molecule has 1 saturated heterocycles. The van der Waals surface area contributed by atoms with Crippen molar-refractivity contribution >= 4 is 5.91 Å². The fourth-order valence-electron chi connectivity index (χ4n) is 2.09. The Kier molecular flexibility index (Phi) is 2.64. The van der Waals surface area contributed by atoms with E-state index in [0.717, 1.165) is 5.69 Å². The molecule has 1 aliphatic rings. The van der Waals surface area contributed by atoms with E-state index in [-0.39, 0.29) is 12.0 Å². The number of benzene rings is 1. The maximum Gasteiger partial charge on any atom is 0.254 e. The van der Waals surface area contributed by atoms with Crippen LogP contribution in [-0.2, 0) is 0 Å². The van der Waals surface area contributed by atoms with Crippen molar-refractivity contribution in [3.63, 3.8) is 0 Å². The van der Waals surface area contributed by atoms with Crippen LogP contribution in [0.3, 0.4) is 0 Å². The maximum absolute atomic E-state index is 12.0. The third-order valence-electron chi connectivity index (χ3n) is 3.17. The number of hydrogen-bond donors (Lipinski definition) is 1. The largest absolute Gasteiger partial charge is 0.389 e. The monoisotopic (exact) mass is 242 g/mol. The smallest absolute Gasteiger partial charge is 0.254 e. The summed E-state index contributed by atoms with van der Waals surface area (Å²) in [5.74, 6) is -0.0145. The molecule has 1 aromatic heterocycles. The van der Waals surface area contributed by atoms with Gasteiger partial charge in [-0.15, -0.1) is 0 Å². The fourth-order valence-corrected chi connectivity index (χ4v) is 2.09. The Morgan fingerprint density at radius 3 is 2.28 bits per heavy atom. The summed E-state index contributed by atoms with van der Waals surface area (Å²) in [6.45, 7) is 0.885. The minimum Gasteiger partial charge on any atom is -0.389 e. The molecule has 0 aliphatic carbocycles. The molecule has 0 spiro atoms. The van der Waals surface area contributed by atoms with Crippen LogP contribution in [0.4, 0.5) is 0 Å². The molecule has 0 unspecified atom stereocenters. The molecule has 4 nitrogen and oxygen atoms in total. The van der Waals surface area contributed by atoms with Crippen molar-refractivity contribution in [2.75, 3.05) is 13.1 Å². The van der Waals surface area contributed by atoms with E-state index < -0.39 is 0 Å². The van der Waals surface area contributed by atoms with Gasteiger partial charge in [-0.3, -0.25) is 4.79 Å². The van der Waals surface area contributed by atoms with Crippen molar-refractivity contribution in [1.82, 2.24) is 9.47 Å². The Bertz CT molecular complexity index is 540. The second kappa shape index (κ2) is 4.31. The van der Waals surface area contributed by atoms with E-state index in [2.05, 4.69) is 0 Å². The number of amides is 1. The normalized spacial score (nSPS) is 15.5. The number of carbonyl (C=O) groups excluding carboxylic acids is 1. The van der Waals surface area contributed by atoms with Gasteiger partial charge < -0.3 is 14.6 Å². The summed E-state index contributed by atoms with van der Waals surface area (Å²) in [5.41, 5.74) is 1.69. The summed E-state index contributed by atoms with van der Waals surface area (Å²) in [6, 6.07) is 11.4. The van der Waals surface area contributed by atoms with Gasteiger partial charge >= 0.3 is 0 Å². The zero-order chi connectivity index (χ0) is 12.5. The van der Waals surface area contributed by atoms with E-state index in [1.54, 1.807) is 4.90 Å². The lowest BCUT2D eigenvalue weighted by molar-refractivity contribution is 0.00589. The molecule has 1 aromatic carbocycles. The molecule has 2 heterocycles. The van der Waals surface area contributed by atoms with Crippen LogP contribution in [0.25, 0.3) is 5.69 Å². The number of β-amino-alcohol motifs (C(OH)–C–C–N with tert-alkyl or cyclic N) is 1. The number of nitrogens with zero attached hydrogens (tertiary/aromatic N) is 2. The second-order valence-electron chi connectivity index (χ2n) is 4.50. The SMILES string of the molecule is O=C(c1ccc(-n2cccc2)cc1)N1CC(O)C1. The maximum atomic E-state index is 12.0. The molecule has 1 aliphatic heterocycles. The van der Waals surface area contributed by atoms with Gasteiger partial charge in [0.2, 0.25) is 0 Å². The van der Waals surface area contributed by atoms with Crippen LogP contribution in [0.15, 0.2) is 48.8 Å². The Hall–Kier alpha value is -2.07. The highest BCUT2D eigenvalue weighted by Crippen LogP contribution is 2.15. The zero-order valence-corrected chi connectivity index (χ0v) is 9.86. The fraction of sp³-hybridized carbons (Fsp3) is 0.214. The summed E-state index contributed by atoms with van der Waals surface area (Å²) in [7, 11) is 0. The van der Waals surface area contributed by atoms with Crippen molar-refractivity contribution in [2.45, 2.75) is 6.10 Å². The molecular weight excluding hydrogens is 228 g/mol. The summed E-state index contributed by atoms with van der Waals surface area (Å²) >= 11 is 0. The van der Waals surface area contributed by atoms with Gasteiger partial charge in [-0.25, -0.2) is 0 Å². The minimum absolute atomic E-state index is 0.0145. The lowest BCUT2D eigenvalue weighted by atomic mass is 10.1. The van der Waals surface area contributed by atoms with Crippen LogP contribution in [0.2, 0.25) is 0 Å². The van der Waals surface area contributed by atoms with Crippen LogP contribution in [-0.4, -0.2) is 39.7 Å². The Morgan fingerprint density at radius 2 is 1.72 bits per heavy atom. The molecule has 0 saturated carbocycles. The van der Waals surface area contributed by atoms with Crippen molar-refractivity contribution in [3.8, 4) is 5.69 Å². The van der Waals surface area contributed by atoms with Crippen LogP contribution in [0, 0.1) is 0 Å². The predicted molar refractivity (Wildman–Crippen MR) is 67.7 cm³/mol. The van der Waals surface area contributed by atoms with Crippen molar-refractivity contribution < 1.29 is 9.90 Å². The Morgan fingerprint density at radius 1 is 1.11 bits per heavy atom. The highest BCUT2D eigenvalue weighted by atomic mass is 16.3. The first kappa shape index (κ1) is 11.0. The van der Waals surface area contributed by atoms with Gasteiger partial charge in [0.1, 0.15) is 0 Å². The van der Waals surface area contributed by atoms with Crippen molar-refractivity contribution in [2.24, 2.45) is 0 Å². The summed E-state index contributed by atoms with van der Waals surface area (Å²) in [4.78, 5) is 13.6. The molecular formula is C14H14N2O2. The van der Waals surface area contributed by atoms with E-state index >= 15 is 0 Å². The van der Waals surface area contributed by atoms with E-state index in [0.29, 0.717) is 18.7 Å². The molecule has 0 bridgehead atoms. The second-order valence-corrected chi connectivity index (χ2v) is 4.50. The number of hydrogen-bond acceptors (Lipinski definition) is 2. The third kappa shape index (κ3) is 1.91. The number of aliphatic hydroxyl groups excluding tert-OH is 1. The Labute approximate surface area is 105 Å². The van der Waals surface area contributed by atoms with E-state index in [9.17, 15) is 9.90 Å². The molecule has 0 radical (unpaired) electrons. The summed E-state index contributed by atoms with van der Waals surface area (Å²) < 4.78 is 1.99. The quantitative estimate of drug-likeness (QED) is 0.862. The average Bonchev–Trinajstić information content (AvgIpc) is 2.88.